The third kappa shape index (κ3) is 2.80. The lowest BCUT2D eigenvalue weighted by atomic mass is 10.1. The predicted octanol–water partition coefficient (Wildman–Crippen LogP) is 0.988. The molecular formula is C14H21N3O2. The number of hydrogen-bond acceptors (Lipinski definition) is 3. The number of aryl methyl sites for hydroxylation is 1. The highest BCUT2D eigenvalue weighted by atomic mass is 16.2. The van der Waals surface area contributed by atoms with Crippen LogP contribution in [-0.4, -0.2) is 42.0 Å². The Labute approximate surface area is 113 Å². The average molecular weight is 263 g/mol. The van der Waals surface area contributed by atoms with Crippen molar-refractivity contribution in [2.45, 2.75) is 20.8 Å². The van der Waals surface area contributed by atoms with Crippen molar-refractivity contribution in [2.75, 3.05) is 31.1 Å². The molecule has 1 aliphatic heterocycles. The smallest absolute Gasteiger partial charge is 0.271 e. The van der Waals surface area contributed by atoms with Crippen LogP contribution in [0.4, 0.5) is 5.69 Å². The number of hydrogen-bond donors (Lipinski definition) is 1. The Morgan fingerprint density at radius 2 is 1.89 bits per heavy atom. The third-order valence-corrected chi connectivity index (χ3v) is 3.54. The molecule has 1 aromatic rings. The van der Waals surface area contributed by atoms with E-state index in [1.54, 1.807) is 6.20 Å². The van der Waals surface area contributed by atoms with Gasteiger partial charge in [-0.05, 0) is 18.6 Å². The minimum absolute atomic E-state index is 0.0356. The molecule has 1 N–H and O–H groups in total. The Bertz CT molecular complexity index is 514. The molecule has 0 aliphatic carbocycles. The molecule has 5 nitrogen and oxygen atoms in total. The normalized spacial score (nSPS) is 16.0. The van der Waals surface area contributed by atoms with Crippen molar-refractivity contribution in [3.05, 3.63) is 28.2 Å². The molecule has 1 saturated heterocycles. The van der Waals surface area contributed by atoms with E-state index in [0.29, 0.717) is 26.2 Å². The van der Waals surface area contributed by atoms with Gasteiger partial charge >= 0.3 is 0 Å². The summed E-state index contributed by atoms with van der Waals surface area (Å²) in [5.41, 5.74) is 1.66. The Hall–Kier alpha value is -1.78. The van der Waals surface area contributed by atoms with Gasteiger partial charge in [0.05, 0.1) is 0 Å². The maximum atomic E-state index is 11.9. The van der Waals surface area contributed by atoms with Gasteiger partial charge in [0.2, 0.25) is 5.91 Å². The van der Waals surface area contributed by atoms with Gasteiger partial charge in [-0.25, -0.2) is 0 Å². The van der Waals surface area contributed by atoms with Gasteiger partial charge in [-0.15, -0.1) is 0 Å². The fraction of sp³-hybridized carbons (Fsp3) is 0.571. The number of nitrogens with one attached hydrogen (secondary N) is 1. The second-order valence-electron chi connectivity index (χ2n) is 5.31. The summed E-state index contributed by atoms with van der Waals surface area (Å²) < 4.78 is 0. The van der Waals surface area contributed by atoms with E-state index in [-0.39, 0.29) is 17.4 Å². The van der Waals surface area contributed by atoms with Crippen LogP contribution >= 0.6 is 0 Å². The van der Waals surface area contributed by atoms with E-state index >= 15 is 0 Å². The lowest BCUT2D eigenvalue weighted by molar-refractivity contribution is -0.134. The SMILES string of the molecule is Cc1cc[nH]c(=O)c1N1CCN(C(=O)C(C)C)CC1. The van der Waals surface area contributed by atoms with Crippen LogP contribution in [0.5, 0.6) is 0 Å². The van der Waals surface area contributed by atoms with Crippen molar-refractivity contribution in [1.82, 2.24) is 9.88 Å². The van der Waals surface area contributed by atoms with E-state index in [1.165, 1.54) is 0 Å². The van der Waals surface area contributed by atoms with Crippen molar-refractivity contribution >= 4 is 11.6 Å². The molecule has 0 saturated carbocycles. The molecule has 0 atom stereocenters. The van der Waals surface area contributed by atoms with Crippen LogP contribution in [0.3, 0.4) is 0 Å². The number of aromatic amines is 1. The first-order valence-electron chi connectivity index (χ1n) is 6.72. The van der Waals surface area contributed by atoms with Crippen LogP contribution in [0, 0.1) is 12.8 Å². The fourth-order valence-electron chi connectivity index (χ4n) is 2.48. The second kappa shape index (κ2) is 5.47. The van der Waals surface area contributed by atoms with E-state index in [1.807, 2.05) is 31.7 Å². The van der Waals surface area contributed by atoms with E-state index in [4.69, 9.17) is 0 Å². The van der Waals surface area contributed by atoms with Gasteiger partial charge in [0.25, 0.3) is 5.56 Å². The molecule has 0 bridgehead atoms. The molecule has 0 aromatic carbocycles. The molecule has 0 unspecified atom stereocenters. The summed E-state index contributed by atoms with van der Waals surface area (Å²) in [6, 6.07) is 1.91. The van der Waals surface area contributed by atoms with Crippen molar-refractivity contribution in [3.8, 4) is 0 Å². The topological polar surface area (TPSA) is 56.4 Å². The van der Waals surface area contributed by atoms with Crippen molar-refractivity contribution in [3.63, 3.8) is 0 Å². The lowest BCUT2D eigenvalue weighted by Crippen LogP contribution is -2.51. The highest BCUT2D eigenvalue weighted by Gasteiger charge is 2.24. The van der Waals surface area contributed by atoms with Gasteiger partial charge in [-0.1, -0.05) is 13.8 Å². The fourth-order valence-corrected chi connectivity index (χ4v) is 2.48. The number of aromatic nitrogens is 1. The summed E-state index contributed by atoms with van der Waals surface area (Å²) >= 11 is 0. The van der Waals surface area contributed by atoms with E-state index in [9.17, 15) is 9.59 Å². The number of pyridine rings is 1. The molecule has 2 heterocycles. The summed E-state index contributed by atoms with van der Waals surface area (Å²) in [5, 5.41) is 0. The number of carbonyl (C=O) groups excluding carboxylic acids is 1. The van der Waals surface area contributed by atoms with Gasteiger partial charge in [0, 0.05) is 38.3 Å². The summed E-state index contributed by atoms with van der Waals surface area (Å²) in [6.07, 6.45) is 1.67. The van der Waals surface area contributed by atoms with Gasteiger partial charge in [0.1, 0.15) is 5.69 Å². The van der Waals surface area contributed by atoms with Crippen LogP contribution in [0.15, 0.2) is 17.1 Å². The van der Waals surface area contributed by atoms with Gasteiger partial charge in [-0.2, -0.15) is 0 Å². The predicted molar refractivity (Wildman–Crippen MR) is 75.4 cm³/mol. The summed E-state index contributed by atoms with van der Waals surface area (Å²) in [5.74, 6) is 0.228. The number of nitrogens with zero attached hydrogens (tertiary/aromatic N) is 2. The van der Waals surface area contributed by atoms with Crippen LogP contribution in [0.1, 0.15) is 19.4 Å². The van der Waals surface area contributed by atoms with Crippen LogP contribution < -0.4 is 10.5 Å². The molecular weight excluding hydrogens is 242 g/mol. The highest BCUT2D eigenvalue weighted by Crippen LogP contribution is 2.16. The van der Waals surface area contributed by atoms with Gasteiger partial charge < -0.3 is 14.8 Å². The number of rotatable bonds is 2. The van der Waals surface area contributed by atoms with Crippen molar-refractivity contribution in [1.29, 1.82) is 0 Å². The Morgan fingerprint density at radius 3 is 2.42 bits per heavy atom. The molecule has 0 spiro atoms. The molecule has 1 aromatic heterocycles. The molecule has 1 aliphatic rings. The van der Waals surface area contributed by atoms with Gasteiger partial charge in [-0.3, -0.25) is 9.59 Å². The maximum absolute atomic E-state index is 11.9. The molecule has 0 radical (unpaired) electrons. The lowest BCUT2D eigenvalue weighted by Gasteiger charge is -2.36. The minimum atomic E-state index is -0.0522. The Balaban J connectivity index is 2.08. The summed E-state index contributed by atoms with van der Waals surface area (Å²) in [6.45, 7) is 8.58. The van der Waals surface area contributed by atoms with E-state index in [2.05, 4.69) is 9.88 Å². The molecule has 2 rings (SSSR count). The Morgan fingerprint density at radius 1 is 1.26 bits per heavy atom. The minimum Gasteiger partial charge on any atom is -0.363 e. The van der Waals surface area contributed by atoms with Crippen LogP contribution in [0.25, 0.3) is 0 Å². The quantitative estimate of drug-likeness (QED) is 0.865. The third-order valence-electron chi connectivity index (χ3n) is 3.54. The molecule has 1 amide bonds. The van der Waals surface area contributed by atoms with Gasteiger partial charge in [0.15, 0.2) is 0 Å². The second-order valence-corrected chi connectivity index (χ2v) is 5.31. The number of H-pyrrole nitrogens is 1. The van der Waals surface area contributed by atoms with Crippen LogP contribution in [0.2, 0.25) is 0 Å². The molecule has 1 fully saturated rings. The largest absolute Gasteiger partial charge is 0.363 e. The number of carbonyl (C=O) groups is 1. The zero-order valence-corrected chi connectivity index (χ0v) is 11.8. The first kappa shape index (κ1) is 13.6. The molecule has 104 valence electrons. The zero-order chi connectivity index (χ0) is 14.0. The highest BCUT2D eigenvalue weighted by molar-refractivity contribution is 5.78. The first-order valence-corrected chi connectivity index (χ1v) is 6.72. The van der Waals surface area contributed by atoms with Crippen molar-refractivity contribution < 1.29 is 4.79 Å². The maximum Gasteiger partial charge on any atom is 0.271 e. The number of anilines is 1. The molecule has 5 heteroatoms. The molecule has 19 heavy (non-hydrogen) atoms. The van der Waals surface area contributed by atoms with E-state index in [0.717, 1.165) is 11.3 Å². The summed E-state index contributed by atoms with van der Waals surface area (Å²) in [4.78, 5) is 30.5. The van der Waals surface area contributed by atoms with E-state index < -0.39 is 0 Å². The standard InChI is InChI=1S/C14H21N3O2/c1-10(2)14(19)17-8-6-16(7-9-17)12-11(3)4-5-15-13(12)18/h4-5,10H,6-9H2,1-3H3,(H,15,18). The van der Waals surface area contributed by atoms with Crippen LogP contribution in [-0.2, 0) is 4.79 Å². The monoisotopic (exact) mass is 263 g/mol. The first-order chi connectivity index (χ1) is 9.00. The number of amides is 1. The number of piperazine rings is 1. The summed E-state index contributed by atoms with van der Waals surface area (Å²) in [7, 11) is 0. The Kier molecular flexibility index (Phi) is 3.93. The zero-order valence-electron chi connectivity index (χ0n) is 11.8. The van der Waals surface area contributed by atoms with Crippen molar-refractivity contribution in [2.24, 2.45) is 5.92 Å². The average Bonchev–Trinajstić information content (AvgIpc) is 2.38.